The number of hydrogen-bond acceptors (Lipinski definition) is 6. The fourth-order valence-electron chi connectivity index (χ4n) is 3.10. The van der Waals surface area contributed by atoms with Gasteiger partial charge in [-0.3, -0.25) is 14.6 Å². The normalized spacial score (nSPS) is 13.6. The average molecular weight is 378 g/mol. The van der Waals surface area contributed by atoms with Gasteiger partial charge < -0.3 is 19.5 Å². The molecule has 1 aliphatic rings. The molecule has 1 saturated heterocycles. The van der Waals surface area contributed by atoms with Crippen LogP contribution in [0.5, 0.6) is 5.75 Å². The SMILES string of the molecule is COc1ccc(NC(=O)c2cc(-c3cccnc3)on2)cc1N1CCCC1=O. The monoisotopic (exact) mass is 378 g/mol. The largest absolute Gasteiger partial charge is 0.495 e. The number of methoxy groups -OCH3 is 1. The number of carbonyl (C=O) groups is 2. The van der Waals surface area contributed by atoms with Gasteiger partial charge in [-0.1, -0.05) is 5.16 Å². The minimum atomic E-state index is -0.414. The summed E-state index contributed by atoms with van der Waals surface area (Å²) in [4.78, 5) is 30.3. The van der Waals surface area contributed by atoms with E-state index in [1.807, 2.05) is 6.07 Å². The summed E-state index contributed by atoms with van der Waals surface area (Å²) in [6, 6.07) is 10.3. The highest BCUT2D eigenvalue weighted by atomic mass is 16.5. The van der Waals surface area contributed by atoms with Gasteiger partial charge in [0.25, 0.3) is 5.91 Å². The van der Waals surface area contributed by atoms with Gasteiger partial charge in [0, 0.05) is 42.7 Å². The van der Waals surface area contributed by atoms with E-state index in [-0.39, 0.29) is 11.6 Å². The van der Waals surface area contributed by atoms with Crippen molar-refractivity contribution in [2.75, 3.05) is 23.9 Å². The first-order valence-electron chi connectivity index (χ1n) is 8.82. The Bertz CT molecular complexity index is 1020. The molecule has 2 amide bonds. The first-order valence-corrected chi connectivity index (χ1v) is 8.82. The number of rotatable bonds is 5. The third kappa shape index (κ3) is 3.44. The van der Waals surface area contributed by atoms with E-state index in [2.05, 4.69) is 15.5 Å². The predicted octanol–water partition coefficient (Wildman–Crippen LogP) is 3.12. The number of pyridine rings is 1. The summed E-state index contributed by atoms with van der Waals surface area (Å²) in [5.41, 5.74) is 2.05. The molecule has 4 rings (SSSR count). The topological polar surface area (TPSA) is 97.6 Å². The fourth-order valence-corrected chi connectivity index (χ4v) is 3.10. The lowest BCUT2D eigenvalue weighted by Crippen LogP contribution is -2.24. The maximum Gasteiger partial charge on any atom is 0.277 e. The quantitative estimate of drug-likeness (QED) is 0.733. The highest BCUT2D eigenvalue weighted by molar-refractivity contribution is 6.04. The predicted molar refractivity (Wildman–Crippen MR) is 102 cm³/mol. The van der Waals surface area contributed by atoms with Gasteiger partial charge in [-0.05, 0) is 36.8 Å². The van der Waals surface area contributed by atoms with Crippen LogP contribution in [0.25, 0.3) is 11.3 Å². The lowest BCUT2D eigenvalue weighted by molar-refractivity contribution is -0.117. The number of nitrogens with zero attached hydrogens (tertiary/aromatic N) is 3. The molecule has 1 N–H and O–H groups in total. The Morgan fingerprint density at radius 2 is 2.18 bits per heavy atom. The molecule has 1 fully saturated rings. The molecule has 8 nitrogen and oxygen atoms in total. The Morgan fingerprint density at radius 1 is 1.29 bits per heavy atom. The molecular formula is C20H18N4O4. The van der Waals surface area contributed by atoms with Crippen LogP contribution in [0.1, 0.15) is 23.3 Å². The van der Waals surface area contributed by atoms with E-state index in [4.69, 9.17) is 9.26 Å². The van der Waals surface area contributed by atoms with Crippen LogP contribution in [0, 0.1) is 0 Å². The summed E-state index contributed by atoms with van der Waals surface area (Å²) < 4.78 is 10.6. The van der Waals surface area contributed by atoms with Crippen molar-refractivity contribution in [3.63, 3.8) is 0 Å². The van der Waals surface area contributed by atoms with Crippen molar-refractivity contribution in [1.29, 1.82) is 0 Å². The highest BCUT2D eigenvalue weighted by Gasteiger charge is 2.25. The van der Waals surface area contributed by atoms with E-state index >= 15 is 0 Å². The molecule has 2 aromatic heterocycles. The third-order valence-electron chi connectivity index (χ3n) is 4.49. The van der Waals surface area contributed by atoms with Crippen molar-refractivity contribution in [3.05, 3.63) is 54.5 Å². The maximum absolute atomic E-state index is 12.5. The first kappa shape index (κ1) is 17.7. The standard InChI is InChI=1S/C20H18N4O4/c1-27-17-7-6-14(10-16(17)24-9-3-5-19(24)25)22-20(26)15-11-18(28-23-15)13-4-2-8-21-12-13/h2,4,6-8,10-12H,3,5,9H2,1H3,(H,22,26). The number of anilines is 2. The molecule has 0 radical (unpaired) electrons. The molecule has 8 heteroatoms. The smallest absolute Gasteiger partial charge is 0.277 e. The van der Waals surface area contributed by atoms with Crippen molar-refractivity contribution < 1.29 is 18.8 Å². The Kier molecular flexibility index (Phi) is 4.76. The Hall–Kier alpha value is -3.68. The van der Waals surface area contributed by atoms with Gasteiger partial charge in [0.1, 0.15) is 5.75 Å². The van der Waals surface area contributed by atoms with Crippen LogP contribution in [-0.4, -0.2) is 35.6 Å². The van der Waals surface area contributed by atoms with Crippen molar-refractivity contribution in [1.82, 2.24) is 10.1 Å². The van der Waals surface area contributed by atoms with E-state index in [0.29, 0.717) is 35.9 Å². The van der Waals surface area contributed by atoms with Crippen LogP contribution in [0.4, 0.5) is 11.4 Å². The molecule has 0 saturated carbocycles. The lowest BCUT2D eigenvalue weighted by Gasteiger charge is -2.20. The first-order chi connectivity index (χ1) is 13.7. The summed E-state index contributed by atoms with van der Waals surface area (Å²) in [6.45, 7) is 0.629. The molecule has 1 aliphatic heterocycles. The Morgan fingerprint density at radius 3 is 2.89 bits per heavy atom. The van der Waals surface area contributed by atoms with Gasteiger partial charge in [-0.2, -0.15) is 0 Å². The summed E-state index contributed by atoms with van der Waals surface area (Å²) in [5, 5.41) is 6.61. The zero-order chi connectivity index (χ0) is 19.5. The Balaban J connectivity index is 1.55. The number of ether oxygens (including phenoxy) is 1. The number of aromatic nitrogens is 2. The van der Waals surface area contributed by atoms with Gasteiger partial charge in [-0.25, -0.2) is 0 Å². The van der Waals surface area contributed by atoms with Crippen molar-refractivity contribution in [2.24, 2.45) is 0 Å². The molecule has 1 aromatic carbocycles. The van der Waals surface area contributed by atoms with Gasteiger partial charge in [-0.15, -0.1) is 0 Å². The number of carbonyl (C=O) groups excluding carboxylic acids is 2. The van der Waals surface area contributed by atoms with Crippen LogP contribution in [0.3, 0.4) is 0 Å². The second-order valence-corrected chi connectivity index (χ2v) is 6.31. The van der Waals surface area contributed by atoms with Gasteiger partial charge in [0.05, 0.1) is 12.8 Å². The van der Waals surface area contributed by atoms with Crippen molar-refractivity contribution >= 4 is 23.2 Å². The van der Waals surface area contributed by atoms with E-state index in [1.165, 1.54) is 0 Å². The maximum atomic E-state index is 12.5. The molecule has 0 bridgehead atoms. The van der Waals surface area contributed by atoms with Gasteiger partial charge in [0.2, 0.25) is 5.91 Å². The minimum Gasteiger partial charge on any atom is -0.495 e. The molecule has 0 aliphatic carbocycles. The number of benzene rings is 1. The van der Waals surface area contributed by atoms with Crippen LogP contribution in [-0.2, 0) is 4.79 Å². The second-order valence-electron chi connectivity index (χ2n) is 6.31. The molecule has 0 atom stereocenters. The summed E-state index contributed by atoms with van der Waals surface area (Å²) in [7, 11) is 1.55. The summed E-state index contributed by atoms with van der Waals surface area (Å²) >= 11 is 0. The Labute approximate surface area is 161 Å². The third-order valence-corrected chi connectivity index (χ3v) is 4.49. The van der Waals surface area contributed by atoms with Gasteiger partial charge >= 0.3 is 0 Å². The van der Waals surface area contributed by atoms with E-state index in [1.54, 1.807) is 54.7 Å². The summed E-state index contributed by atoms with van der Waals surface area (Å²) in [6.07, 6.45) is 4.59. The van der Waals surface area contributed by atoms with Gasteiger partial charge in [0.15, 0.2) is 11.5 Å². The second kappa shape index (κ2) is 7.51. The lowest BCUT2D eigenvalue weighted by atomic mass is 10.2. The zero-order valence-corrected chi connectivity index (χ0v) is 15.2. The molecule has 142 valence electrons. The number of amides is 2. The molecule has 0 unspecified atom stereocenters. The molecule has 3 heterocycles. The van der Waals surface area contributed by atoms with E-state index in [9.17, 15) is 9.59 Å². The van der Waals surface area contributed by atoms with Crippen LogP contribution in [0.2, 0.25) is 0 Å². The molecule has 28 heavy (non-hydrogen) atoms. The van der Waals surface area contributed by atoms with Crippen molar-refractivity contribution in [3.8, 4) is 17.1 Å². The van der Waals surface area contributed by atoms with Crippen LogP contribution in [0.15, 0.2) is 53.3 Å². The van der Waals surface area contributed by atoms with Crippen LogP contribution >= 0.6 is 0 Å². The number of nitrogens with one attached hydrogen (secondary N) is 1. The average Bonchev–Trinajstić information content (AvgIpc) is 3.38. The van der Waals surface area contributed by atoms with Crippen LogP contribution < -0.4 is 15.0 Å². The molecular weight excluding hydrogens is 360 g/mol. The fraction of sp³-hybridized carbons (Fsp3) is 0.200. The van der Waals surface area contributed by atoms with E-state index in [0.717, 1.165) is 12.0 Å². The van der Waals surface area contributed by atoms with E-state index < -0.39 is 5.91 Å². The minimum absolute atomic E-state index is 0.0411. The molecule has 0 spiro atoms. The highest BCUT2D eigenvalue weighted by Crippen LogP contribution is 2.34. The zero-order valence-electron chi connectivity index (χ0n) is 15.2. The molecule has 3 aromatic rings. The summed E-state index contributed by atoms with van der Waals surface area (Å²) in [5.74, 6) is 0.659. The number of hydrogen-bond donors (Lipinski definition) is 1. The van der Waals surface area contributed by atoms with Crippen molar-refractivity contribution in [2.45, 2.75) is 12.8 Å².